The zero-order valence-corrected chi connectivity index (χ0v) is 32.7. The van der Waals surface area contributed by atoms with E-state index in [0.717, 1.165) is 17.1 Å². The third kappa shape index (κ3) is 5.46. The number of hydrogen-bond donors (Lipinski definition) is 0. The molecule has 0 atom stereocenters. The predicted molar refractivity (Wildman–Crippen MR) is 248 cm³/mol. The van der Waals surface area contributed by atoms with E-state index >= 15 is 0 Å². The summed E-state index contributed by atoms with van der Waals surface area (Å²) in [5.74, 6) is 0. The number of hydrogen-bond acceptors (Lipinski definition) is 1. The van der Waals surface area contributed by atoms with Crippen LogP contribution in [-0.2, 0) is 5.41 Å². The van der Waals surface area contributed by atoms with Crippen LogP contribution >= 0.6 is 0 Å². The molecule has 0 unspecified atom stereocenters. The third-order valence-electron chi connectivity index (χ3n) is 12.5. The van der Waals surface area contributed by atoms with Gasteiger partial charge in [0.1, 0.15) is 0 Å². The van der Waals surface area contributed by atoms with Crippen LogP contribution in [0.4, 0.5) is 17.1 Å². The number of fused-ring (bicyclic) bond motifs is 7. The van der Waals surface area contributed by atoms with Crippen molar-refractivity contribution >= 4 is 49.4 Å². The highest BCUT2D eigenvalue weighted by Crippen LogP contribution is 2.50. The molecule has 10 aromatic rings. The summed E-state index contributed by atoms with van der Waals surface area (Å²) >= 11 is 0. The molecular formula is C57H41N. The Labute approximate surface area is 340 Å². The first-order valence-electron chi connectivity index (χ1n) is 20.3. The Balaban J connectivity index is 1.04. The van der Waals surface area contributed by atoms with Gasteiger partial charge in [0.15, 0.2) is 0 Å². The largest absolute Gasteiger partial charge is 0.310 e. The van der Waals surface area contributed by atoms with Gasteiger partial charge in [0, 0.05) is 22.4 Å². The number of benzene rings is 10. The summed E-state index contributed by atoms with van der Waals surface area (Å²) in [5.41, 5.74) is 16.1. The number of para-hydroxylation sites is 1. The highest BCUT2D eigenvalue weighted by atomic mass is 15.1. The molecule has 0 bridgehead atoms. The summed E-state index contributed by atoms with van der Waals surface area (Å²) in [6.45, 7) is 4.70. The van der Waals surface area contributed by atoms with Crippen LogP contribution in [0.15, 0.2) is 212 Å². The minimum Gasteiger partial charge on any atom is -0.310 e. The van der Waals surface area contributed by atoms with Gasteiger partial charge in [0.05, 0.1) is 5.69 Å². The Kier molecular flexibility index (Phi) is 7.91. The van der Waals surface area contributed by atoms with E-state index < -0.39 is 0 Å². The van der Waals surface area contributed by atoms with E-state index in [2.05, 4.69) is 231 Å². The zero-order chi connectivity index (χ0) is 38.8. The van der Waals surface area contributed by atoms with E-state index in [1.807, 2.05) is 0 Å². The molecule has 10 aromatic carbocycles. The lowest BCUT2D eigenvalue weighted by molar-refractivity contribution is 0.660. The monoisotopic (exact) mass is 739 g/mol. The van der Waals surface area contributed by atoms with Crippen molar-refractivity contribution in [3.8, 4) is 44.5 Å². The van der Waals surface area contributed by atoms with Crippen LogP contribution in [0.25, 0.3) is 76.8 Å². The molecule has 0 heterocycles. The summed E-state index contributed by atoms with van der Waals surface area (Å²) in [5, 5.41) is 7.56. The topological polar surface area (TPSA) is 3.24 Å². The van der Waals surface area contributed by atoms with Crippen molar-refractivity contribution in [2.75, 3.05) is 4.90 Å². The molecule has 0 saturated heterocycles. The fourth-order valence-electron chi connectivity index (χ4n) is 9.55. The van der Waals surface area contributed by atoms with E-state index in [4.69, 9.17) is 0 Å². The van der Waals surface area contributed by atoms with Crippen molar-refractivity contribution < 1.29 is 0 Å². The van der Waals surface area contributed by atoms with Gasteiger partial charge in [-0.15, -0.1) is 0 Å². The van der Waals surface area contributed by atoms with Crippen LogP contribution in [0.5, 0.6) is 0 Å². The van der Waals surface area contributed by atoms with Crippen LogP contribution in [0, 0.1) is 0 Å². The first-order valence-corrected chi connectivity index (χ1v) is 20.3. The quantitative estimate of drug-likeness (QED) is 0.154. The fraction of sp³-hybridized carbons (Fsp3) is 0.0526. The second-order valence-electron chi connectivity index (χ2n) is 16.1. The number of nitrogens with zero attached hydrogens (tertiary/aromatic N) is 1. The molecule has 58 heavy (non-hydrogen) atoms. The van der Waals surface area contributed by atoms with Gasteiger partial charge in [-0.1, -0.05) is 184 Å². The van der Waals surface area contributed by atoms with Crippen molar-refractivity contribution in [1.29, 1.82) is 0 Å². The Morgan fingerprint density at radius 3 is 1.62 bits per heavy atom. The average Bonchev–Trinajstić information content (AvgIpc) is 3.52. The predicted octanol–water partition coefficient (Wildman–Crippen LogP) is 15.9. The maximum absolute atomic E-state index is 2.42. The minimum absolute atomic E-state index is 0.0463. The highest BCUT2D eigenvalue weighted by Gasteiger charge is 2.35. The van der Waals surface area contributed by atoms with E-state index in [0.29, 0.717) is 0 Å². The average molecular weight is 740 g/mol. The molecule has 0 amide bonds. The second-order valence-corrected chi connectivity index (χ2v) is 16.1. The van der Waals surface area contributed by atoms with Crippen LogP contribution in [0.1, 0.15) is 25.0 Å². The maximum Gasteiger partial charge on any atom is 0.0540 e. The summed E-state index contributed by atoms with van der Waals surface area (Å²) in [6.07, 6.45) is 0. The lowest BCUT2D eigenvalue weighted by atomic mass is 9.81. The Morgan fingerprint density at radius 2 is 0.845 bits per heavy atom. The van der Waals surface area contributed by atoms with Crippen molar-refractivity contribution in [3.63, 3.8) is 0 Å². The normalized spacial score (nSPS) is 12.8. The molecule has 1 nitrogen and oxygen atoms in total. The molecule has 1 aliphatic rings. The van der Waals surface area contributed by atoms with Crippen molar-refractivity contribution in [2.45, 2.75) is 19.3 Å². The van der Waals surface area contributed by atoms with Gasteiger partial charge in [-0.3, -0.25) is 0 Å². The third-order valence-corrected chi connectivity index (χ3v) is 12.5. The summed E-state index contributed by atoms with van der Waals surface area (Å²) in [4.78, 5) is 2.42. The second kappa shape index (κ2) is 13.5. The van der Waals surface area contributed by atoms with E-state index in [1.54, 1.807) is 0 Å². The molecule has 1 heteroatoms. The minimum atomic E-state index is -0.0463. The van der Waals surface area contributed by atoms with Crippen LogP contribution < -0.4 is 4.90 Å². The lowest BCUT2D eigenvalue weighted by Crippen LogP contribution is -2.14. The Morgan fingerprint density at radius 1 is 0.310 bits per heavy atom. The van der Waals surface area contributed by atoms with Gasteiger partial charge in [0.25, 0.3) is 0 Å². The van der Waals surface area contributed by atoms with Crippen molar-refractivity contribution in [3.05, 3.63) is 223 Å². The zero-order valence-electron chi connectivity index (χ0n) is 32.7. The molecular weight excluding hydrogens is 699 g/mol. The molecule has 0 aliphatic heterocycles. The van der Waals surface area contributed by atoms with Crippen LogP contribution in [0.3, 0.4) is 0 Å². The van der Waals surface area contributed by atoms with E-state index in [1.165, 1.54) is 88.0 Å². The first-order chi connectivity index (χ1) is 28.5. The smallest absolute Gasteiger partial charge is 0.0540 e. The van der Waals surface area contributed by atoms with E-state index in [9.17, 15) is 0 Å². The van der Waals surface area contributed by atoms with Crippen molar-refractivity contribution in [2.24, 2.45) is 0 Å². The SMILES string of the molecule is CC1(C)c2ccccc2-c2ccc(-c3ccc(N(c4ccc(-c5cc6ccccc6c6ccccc56)cc4)c4ccccc4-c4cccc5ccccc45)cc3)cc21. The summed E-state index contributed by atoms with van der Waals surface area (Å²) in [6, 6.07) is 78.2. The van der Waals surface area contributed by atoms with Crippen molar-refractivity contribution in [1.82, 2.24) is 0 Å². The number of anilines is 3. The molecule has 11 rings (SSSR count). The Hall–Kier alpha value is -7.22. The van der Waals surface area contributed by atoms with Gasteiger partial charge < -0.3 is 4.90 Å². The summed E-state index contributed by atoms with van der Waals surface area (Å²) < 4.78 is 0. The molecule has 1 aliphatic carbocycles. The highest BCUT2D eigenvalue weighted by molar-refractivity contribution is 6.14. The molecule has 0 aromatic heterocycles. The first kappa shape index (κ1) is 34.1. The number of rotatable bonds is 6. The van der Waals surface area contributed by atoms with E-state index in [-0.39, 0.29) is 5.41 Å². The van der Waals surface area contributed by atoms with Gasteiger partial charge in [-0.25, -0.2) is 0 Å². The fourth-order valence-corrected chi connectivity index (χ4v) is 9.55. The molecule has 0 saturated carbocycles. The molecule has 274 valence electrons. The standard InChI is InChI=1S/C57H41N/c1-57(2)54-24-11-9-21-50(54)51-35-30-41(37-55(51)57)38-26-31-43(32-27-38)58(56-25-12-10-22-52(56)48-23-13-16-39-14-3-5-17-45(39)48)44-33-28-40(29-34-44)53-36-42-15-4-6-18-46(42)47-19-7-8-20-49(47)53/h3-37H,1-2H3. The summed E-state index contributed by atoms with van der Waals surface area (Å²) in [7, 11) is 0. The van der Waals surface area contributed by atoms with Gasteiger partial charge >= 0.3 is 0 Å². The van der Waals surface area contributed by atoms with Crippen LogP contribution in [-0.4, -0.2) is 0 Å². The maximum atomic E-state index is 2.42. The van der Waals surface area contributed by atoms with Gasteiger partial charge in [0.2, 0.25) is 0 Å². The molecule has 0 spiro atoms. The van der Waals surface area contributed by atoms with Gasteiger partial charge in [-0.2, -0.15) is 0 Å². The molecule has 0 fully saturated rings. The molecule has 0 N–H and O–H groups in total. The lowest BCUT2D eigenvalue weighted by Gasteiger charge is -2.28. The van der Waals surface area contributed by atoms with Crippen LogP contribution in [0.2, 0.25) is 0 Å². The molecule has 0 radical (unpaired) electrons. The Bertz CT molecular complexity index is 3180. The van der Waals surface area contributed by atoms with Gasteiger partial charge in [-0.05, 0) is 125 Å².